The fraction of sp³-hybridized carbons (Fsp3) is 0.303. The van der Waals surface area contributed by atoms with Gasteiger partial charge >= 0.3 is 5.97 Å². The van der Waals surface area contributed by atoms with E-state index < -0.39 is 5.97 Å². The number of carbonyl (C=O) groups is 1. The SMILES string of the molecule is Cc1ccc([C@H]2C[C@H](CCCN[C@H](C)c3cccc4ccccc34)Oc3ccccc32)c(C)c1C(=O)O. The van der Waals surface area contributed by atoms with Crippen LogP contribution in [0.5, 0.6) is 5.75 Å². The van der Waals surface area contributed by atoms with E-state index in [1.54, 1.807) is 0 Å². The zero-order valence-corrected chi connectivity index (χ0v) is 21.8. The number of carboxylic acid groups (broad SMARTS) is 1. The van der Waals surface area contributed by atoms with Crippen LogP contribution >= 0.6 is 0 Å². The second kappa shape index (κ2) is 10.8. The Hall–Kier alpha value is -3.63. The molecule has 0 saturated carbocycles. The molecule has 5 rings (SSSR count). The molecule has 0 aliphatic carbocycles. The molecule has 1 aliphatic rings. The minimum atomic E-state index is -0.861. The lowest BCUT2D eigenvalue weighted by atomic mass is 9.80. The van der Waals surface area contributed by atoms with E-state index in [1.165, 1.54) is 16.3 Å². The molecule has 0 unspecified atom stereocenters. The lowest BCUT2D eigenvalue weighted by Crippen LogP contribution is -2.28. The molecule has 4 heteroatoms. The molecule has 37 heavy (non-hydrogen) atoms. The molecule has 0 saturated heterocycles. The highest BCUT2D eigenvalue weighted by atomic mass is 16.5. The van der Waals surface area contributed by atoms with Crippen molar-refractivity contribution in [3.05, 3.63) is 112 Å². The van der Waals surface area contributed by atoms with Crippen LogP contribution in [0.25, 0.3) is 10.8 Å². The number of ether oxygens (including phenoxy) is 1. The highest BCUT2D eigenvalue weighted by molar-refractivity contribution is 5.91. The Morgan fingerprint density at radius 2 is 1.73 bits per heavy atom. The van der Waals surface area contributed by atoms with E-state index in [4.69, 9.17) is 4.74 Å². The first kappa shape index (κ1) is 25.0. The summed E-state index contributed by atoms with van der Waals surface area (Å²) in [6, 6.07) is 27.6. The molecule has 0 radical (unpaired) electrons. The molecule has 1 aliphatic heterocycles. The van der Waals surface area contributed by atoms with Gasteiger partial charge < -0.3 is 15.2 Å². The Balaban J connectivity index is 1.28. The van der Waals surface area contributed by atoms with Crippen molar-refractivity contribution in [2.45, 2.75) is 58.1 Å². The Labute approximate surface area is 219 Å². The maximum absolute atomic E-state index is 12.0. The molecule has 4 aromatic carbocycles. The summed E-state index contributed by atoms with van der Waals surface area (Å²) in [5.74, 6) is 0.175. The van der Waals surface area contributed by atoms with E-state index in [-0.39, 0.29) is 18.1 Å². The molecule has 0 aromatic heterocycles. The van der Waals surface area contributed by atoms with Gasteiger partial charge in [0.05, 0.1) is 11.7 Å². The van der Waals surface area contributed by atoms with Crippen LogP contribution in [0.3, 0.4) is 0 Å². The van der Waals surface area contributed by atoms with Gasteiger partial charge in [-0.3, -0.25) is 0 Å². The maximum atomic E-state index is 12.0. The van der Waals surface area contributed by atoms with E-state index in [9.17, 15) is 9.90 Å². The van der Waals surface area contributed by atoms with Gasteiger partial charge in [0, 0.05) is 17.5 Å². The van der Waals surface area contributed by atoms with Crippen molar-refractivity contribution in [1.82, 2.24) is 5.32 Å². The summed E-state index contributed by atoms with van der Waals surface area (Å²) in [5, 5.41) is 16.1. The second-order valence-corrected chi connectivity index (χ2v) is 10.2. The lowest BCUT2D eigenvalue weighted by Gasteiger charge is -2.34. The standard InChI is InChI=1S/C33H35NO3/c1-21-17-18-26(22(2)32(21)33(35)36)30-20-25(37-31-16-7-6-14-29(30)31)12-9-19-34-23(3)27-15-8-11-24-10-4-5-13-28(24)27/h4-8,10-11,13-18,23,25,30,34H,9,12,19-20H2,1-3H3,(H,35,36)/t23-,25+,30-/m1/s1. The van der Waals surface area contributed by atoms with Gasteiger partial charge in [0.1, 0.15) is 5.75 Å². The monoisotopic (exact) mass is 493 g/mol. The number of hydrogen-bond acceptors (Lipinski definition) is 3. The van der Waals surface area contributed by atoms with Gasteiger partial charge in [-0.15, -0.1) is 0 Å². The van der Waals surface area contributed by atoms with Gasteiger partial charge in [-0.05, 0) is 85.7 Å². The molecule has 0 spiro atoms. The van der Waals surface area contributed by atoms with E-state index in [0.717, 1.165) is 53.8 Å². The minimum absolute atomic E-state index is 0.0866. The highest BCUT2D eigenvalue weighted by Gasteiger charge is 2.31. The average molecular weight is 494 g/mol. The van der Waals surface area contributed by atoms with Crippen molar-refractivity contribution in [2.24, 2.45) is 0 Å². The first-order valence-electron chi connectivity index (χ1n) is 13.2. The molecule has 4 nitrogen and oxygen atoms in total. The number of nitrogens with one attached hydrogen (secondary N) is 1. The van der Waals surface area contributed by atoms with Crippen LogP contribution in [0, 0.1) is 13.8 Å². The van der Waals surface area contributed by atoms with E-state index in [1.807, 2.05) is 38.1 Å². The minimum Gasteiger partial charge on any atom is -0.490 e. The zero-order valence-electron chi connectivity index (χ0n) is 21.8. The number of fused-ring (bicyclic) bond motifs is 2. The third-order valence-electron chi connectivity index (χ3n) is 7.83. The van der Waals surface area contributed by atoms with Crippen LogP contribution in [-0.4, -0.2) is 23.7 Å². The molecule has 3 atom stereocenters. The van der Waals surface area contributed by atoms with Gasteiger partial charge in [-0.25, -0.2) is 4.79 Å². The zero-order chi connectivity index (χ0) is 25.9. The van der Waals surface area contributed by atoms with Crippen LogP contribution < -0.4 is 10.1 Å². The Bertz CT molecular complexity index is 1420. The third-order valence-corrected chi connectivity index (χ3v) is 7.83. The molecule has 0 fully saturated rings. The smallest absolute Gasteiger partial charge is 0.336 e. The third kappa shape index (κ3) is 5.12. The molecule has 190 valence electrons. The van der Waals surface area contributed by atoms with Crippen molar-refractivity contribution in [1.29, 1.82) is 0 Å². The van der Waals surface area contributed by atoms with Gasteiger partial charge in [0.2, 0.25) is 0 Å². The molecular weight excluding hydrogens is 458 g/mol. The molecule has 2 N–H and O–H groups in total. The second-order valence-electron chi connectivity index (χ2n) is 10.2. The summed E-state index contributed by atoms with van der Waals surface area (Å²) in [4.78, 5) is 12.0. The molecule has 0 bridgehead atoms. The number of benzene rings is 4. The molecule has 4 aromatic rings. The first-order valence-corrected chi connectivity index (χ1v) is 13.2. The van der Waals surface area contributed by atoms with Gasteiger partial charge in [-0.2, -0.15) is 0 Å². The maximum Gasteiger partial charge on any atom is 0.336 e. The summed E-state index contributed by atoms with van der Waals surface area (Å²) >= 11 is 0. The van der Waals surface area contributed by atoms with Crippen LogP contribution in [-0.2, 0) is 0 Å². The predicted octanol–water partition coefficient (Wildman–Crippen LogP) is 7.57. The topological polar surface area (TPSA) is 58.6 Å². The highest BCUT2D eigenvalue weighted by Crippen LogP contribution is 2.43. The number of aryl methyl sites for hydroxylation is 1. The van der Waals surface area contributed by atoms with Crippen molar-refractivity contribution in [2.75, 3.05) is 6.54 Å². The summed E-state index contributed by atoms with van der Waals surface area (Å²) in [7, 11) is 0. The summed E-state index contributed by atoms with van der Waals surface area (Å²) < 4.78 is 6.43. The first-order chi connectivity index (χ1) is 17.9. The van der Waals surface area contributed by atoms with Gasteiger partial charge in [0.25, 0.3) is 0 Å². The van der Waals surface area contributed by atoms with Crippen molar-refractivity contribution in [3.8, 4) is 5.75 Å². The van der Waals surface area contributed by atoms with Crippen LogP contribution in [0.4, 0.5) is 0 Å². The van der Waals surface area contributed by atoms with Crippen molar-refractivity contribution < 1.29 is 14.6 Å². The van der Waals surface area contributed by atoms with Gasteiger partial charge in [-0.1, -0.05) is 72.8 Å². The number of rotatable bonds is 8. The van der Waals surface area contributed by atoms with Crippen LogP contribution in [0.2, 0.25) is 0 Å². The van der Waals surface area contributed by atoms with E-state index >= 15 is 0 Å². The summed E-state index contributed by atoms with van der Waals surface area (Å²) in [6.07, 6.45) is 2.88. The van der Waals surface area contributed by atoms with Gasteiger partial charge in [0.15, 0.2) is 0 Å². The van der Waals surface area contributed by atoms with Crippen LogP contribution in [0.1, 0.15) is 76.3 Å². The predicted molar refractivity (Wildman–Crippen MR) is 150 cm³/mol. The fourth-order valence-corrected chi connectivity index (χ4v) is 5.92. The summed E-state index contributed by atoms with van der Waals surface area (Å²) in [6.45, 7) is 6.94. The number of hydrogen-bond donors (Lipinski definition) is 2. The summed E-state index contributed by atoms with van der Waals surface area (Å²) in [5.41, 5.74) is 5.64. The van der Waals surface area contributed by atoms with Crippen molar-refractivity contribution >= 4 is 16.7 Å². The Morgan fingerprint density at radius 1 is 0.973 bits per heavy atom. The number of para-hydroxylation sites is 1. The molecule has 0 amide bonds. The quantitative estimate of drug-likeness (QED) is 0.249. The van der Waals surface area contributed by atoms with Crippen LogP contribution in [0.15, 0.2) is 78.9 Å². The Morgan fingerprint density at radius 3 is 2.57 bits per heavy atom. The average Bonchev–Trinajstić information content (AvgIpc) is 2.90. The normalized spacial score (nSPS) is 17.7. The van der Waals surface area contributed by atoms with Crippen molar-refractivity contribution in [3.63, 3.8) is 0 Å². The molecular formula is C33H35NO3. The Kier molecular flexibility index (Phi) is 7.29. The van der Waals surface area contributed by atoms with E-state index in [2.05, 4.69) is 66.8 Å². The largest absolute Gasteiger partial charge is 0.490 e. The molecule has 1 heterocycles. The lowest BCUT2D eigenvalue weighted by molar-refractivity contribution is 0.0695. The number of carboxylic acids is 1. The fourth-order valence-electron chi connectivity index (χ4n) is 5.92. The van der Waals surface area contributed by atoms with E-state index in [0.29, 0.717) is 5.56 Å². The number of aromatic carboxylic acids is 1.